The number of carbonyl (C=O) groups is 1. The number of hydrogen-bond donors (Lipinski definition) is 0. The van der Waals surface area contributed by atoms with E-state index >= 15 is 0 Å². The number of ether oxygens (including phenoxy) is 3. The summed E-state index contributed by atoms with van der Waals surface area (Å²) in [5.41, 5.74) is -0.889. The molecule has 6 heteroatoms. The Balaban J connectivity index is 1.91. The van der Waals surface area contributed by atoms with Gasteiger partial charge in [-0.3, -0.25) is 4.79 Å². The highest BCUT2D eigenvalue weighted by molar-refractivity contribution is 5.93. The largest absolute Gasteiger partial charge is 0.497 e. The summed E-state index contributed by atoms with van der Waals surface area (Å²) in [6, 6.07) is 2.33. The standard InChI is InChI=1S/C20H22F2O4/c1-4-5-13-10-20(19(9-18(13)23)25-11-26-20)12(2)6-15-16(21)7-14(24-3)8-17(15)22/h4,7-9,12-13H,1,5-6,10-11H2,2-3H3/t12?,13-,20+/m0/s1. The highest BCUT2D eigenvalue weighted by Gasteiger charge is 2.51. The second-order valence-electron chi connectivity index (χ2n) is 6.81. The molecule has 4 nitrogen and oxygen atoms in total. The first-order valence-corrected chi connectivity index (χ1v) is 8.57. The molecule has 1 saturated heterocycles. The van der Waals surface area contributed by atoms with Crippen LogP contribution in [0.4, 0.5) is 8.78 Å². The Kier molecular flexibility index (Phi) is 5.14. The van der Waals surface area contributed by atoms with Crippen molar-refractivity contribution in [2.24, 2.45) is 11.8 Å². The number of benzene rings is 1. The van der Waals surface area contributed by atoms with Crippen LogP contribution >= 0.6 is 0 Å². The molecular formula is C20H22F2O4. The van der Waals surface area contributed by atoms with Gasteiger partial charge in [-0.2, -0.15) is 0 Å². The number of methoxy groups -OCH3 is 1. The van der Waals surface area contributed by atoms with Crippen LogP contribution in [0.1, 0.15) is 25.3 Å². The molecule has 2 aliphatic rings. The Bertz CT molecular complexity index is 735. The Morgan fingerprint density at radius 1 is 1.42 bits per heavy atom. The molecule has 0 aromatic heterocycles. The van der Waals surface area contributed by atoms with E-state index in [0.29, 0.717) is 18.6 Å². The molecule has 1 aliphatic heterocycles. The van der Waals surface area contributed by atoms with Crippen LogP contribution in [0.5, 0.6) is 5.75 Å². The highest BCUT2D eigenvalue weighted by atomic mass is 19.1. The first-order chi connectivity index (χ1) is 12.4. The fourth-order valence-electron chi connectivity index (χ4n) is 3.78. The van der Waals surface area contributed by atoms with E-state index in [2.05, 4.69) is 6.58 Å². The Morgan fingerprint density at radius 2 is 2.12 bits per heavy atom. The van der Waals surface area contributed by atoms with E-state index in [0.717, 1.165) is 12.1 Å². The Labute approximate surface area is 151 Å². The molecule has 0 amide bonds. The lowest BCUT2D eigenvalue weighted by atomic mass is 9.71. The molecular weight excluding hydrogens is 342 g/mol. The van der Waals surface area contributed by atoms with Crippen molar-refractivity contribution in [2.75, 3.05) is 13.9 Å². The maximum Gasteiger partial charge on any atom is 0.189 e. The quantitative estimate of drug-likeness (QED) is 0.717. The van der Waals surface area contributed by atoms with Crippen molar-refractivity contribution in [3.8, 4) is 5.75 Å². The molecule has 140 valence electrons. The molecule has 1 unspecified atom stereocenters. The second kappa shape index (κ2) is 7.19. The molecule has 1 aromatic rings. The van der Waals surface area contributed by atoms with Gasteiger partial charge in [0.15, 0.2) is 12.6 Å². The summed E-state index contributed by atoms with van der Waals surface area (Å²) < 4.78 is 45.0. The number of hydrogen-bond acceptors (Lipinski definition) is 4. The average molecular weight is 364 g/mol. The fraction of sp³-hybridized carbons (Fsp3) is 0.450. The Morgan fingerprint density at radius 3 is 2.73 bits per heavy atom. The van der Waals surface area contributed by atoms with E-state index in [1.807, 2.05) is 6.92 Å². The summed E-state index contributed by atoms with van der Waals surface area (Å²) in [5.74, 6) is -1.35. The molecule has 1 aliphatic carbocycles. The smallest absolute Gasteiger partial charge is 0.189 e. The SMILES string of the molecule is C=CC[C@H]1C[C@]2(C(C)Cc3c(F)cc(OC)cc3F)OCOC2=CC1=O. The lowest BCUT2D eigenvalue weighted by Gasteiger charge is -2.38. The van der Waals surface area contributed by atoms with E-state index in [-0.39, 0.29) is 42.1 Å². The van der Waals surface area contributed by atoms with Gasteiger partial charge in [-0.05, 0) is 25.2 Å². The minimum Gasteiger partial charge on any atom is -0.497 e. The molecule has 0 radical (unpaired) electrons. The zero-order chi connectivity index (χ0) is 18.9. The van der Waals surface area contributed by atoms with E-state index in [4.69, 9.17) is 14.2 Å². The van der Waals surface area contributed by atoms with Gasteiger partial charge >= 0.3 is 0 Å². The van der Waals surface area contributed by atoms with Crippen molar-refractivity contribution >= 4 is 5.78 Å². The molecule has 0 spiro atoms. The fourth-order valence-corrected chi connectivity index (χ4v) is 3.78. The van der Waals surface area contributed by atoms with Crippen molar-refractivity contribution < 1.29 is 27.8 Å². The summed E-state index contributed by atoms with van der Waals surface area (Å²) in [4.78, 5) is 12.2. The van der Waals surface area contributed by atoms with E-state index < -0.39 is 17.2 Å². The second-order valence-corrected chi connectivity index (χ2v) is 6.81. The monoisotopic (exact) mass is 364 g/mol. The van der Waals surface area contributed by atoms with Crippen molar-refractivity contribution in [1.29, 1.82) is 0 Å². The van der Waals surface area contributed by atoms with Gasteiger partial charge < -0.3 is 14.2 Å². The van der Waals surface area contributed by atoms with Gasteiger partial charge in [-0.15, -0.1) is 6.58 Å². The van der Waals surface area contributed by atoms with Gasteiger partial charge in [-0.1, -0.05) is 13.0 Å². The molecule has 3 atom stereocenters. The van der Waals surface area contributed by atoms with Crippen LogP contribution in [0.25, 0.3) is 0 Å². The van der Waals surface area contributed by atoms with Gasteiger partial charge in [0, 0.05) is 29.7 Å². The van der Waals surface area contributed by atoms with Crippen LogP contribution < -0.4 is 4.74 Å². The number of halogens is 2. The number of rotatable bonds is 6. The van der Waals surface area contributed by atoms with Gasteiger partial charge in [0.2, 0.25) is 0 Å². The predicted molar refractivity (Wildman–Crippen MR) is 91.6 cm³/mol. The van der Waals surface area contributed by atoms with Crippen LogP contribution in [-0.2, 0) is 20.7 Å². The van der Waals surface area contributed by atoms with Crippen molar-refractivity contribution in [3.05, 3.63) is 53.8 Å². The molecule has 0 N–H and O–H groups in total. The van der Waals surface area contributed by atoms with Crippen molar-refractivity contribution in [2.45, 2.75) is 31.8 Å². The summed E-state index contributed by atoms with van der Waals surface area (Å²) in [6.07, 6.45) is 4.19. The molecule has 3 rings (SSSR count). The first-order valence-electron chi connectivity index (χ1n) is 8.57. The third kappa shape index (κ3) is 3.14. The van der Waals surface area contributed by atoms with Crippen LogP contribution in [0, 0.1) is 23.5 Å². The van der Waals surface area contributed by atoms with E-state index in [1.165, 1.54) is 13.2 Å². The Hall–Kier alpha value is -2.21. The van der Waals surface area contributed by atoms with Gasteiger partial charge in [0.1, 0.15) is 28.7 Å². The van der Waals surface area contributed by atoms with Crippen LogP contribution in [0.2, 0.25) is 0 Å². The zero-order valence-electron chi connectivity index (χ0n) is 14.9. The molecule has 1 aromatic carbocycles. The number of carbonyl (C=O) groups excluding carboxylic acids is 1. The van der Waals surface area contributed by atoms with Crippen molar-refractivity contribution in [3.63, 3.8) is 0 Å². The number of ketones is 1. The van der Waals surface area contributed by atoms with Gasteiger partial charge in [-0.25, -0.2) is 8.78 Å². The lowest BCUT2D eigenvalue weighted by Crippen LogP contribution is -2.45. The zero-order valence-corrected chi connectivity index (χ0v) is 14.9. The summed E-state index contributed by atoms with van der Waals surface area (Å²) in [6.45, 7) is 5.57. The molecule has 0 saturated carbocycles. The average Bonchev–Trinajstić information content (AvgIpc) is 3.02. The minimum absolute atomic E-state index is 0.0256. The van der Waals surface area contributed by atoms with Gasteiger partial charge in [0.25, 0.3) is 0 Å². The molecule has 0 bridgehead atoms. The number of allylic oxidation sites excluding steroid dienone is 2. The highest BCUT2D eigenvalue weighted by Crippen LogP contribution is 2.46. The van der Waals surface area contributed by atoms with E-state index in [1.54, 1.807) is 6.08 Å². The molecule has 1 heterocycles. The maximum atomic E-state index is 14.4. The lowest BCUT2D eigenvalue weighted by molar-refractivity contribution is -0.123. The molecule has 1 fully saturated rings. The van der Waals surface area contributed by atoms with Crippen LogP contribution in [0.15, 0.2) is 36.6 Å². The normalized spacial score (nSPS) is 25.9. The van der Waals surface area contributed by atoms with Gasteiger partial charge in [0.05, 0.1) is 7.11 Å². The third-order valence-electron chi connectivity index (χ3n) is 5.28. The van der Waals surface area contributed by atoms with Crippen LogP contribution in [0.3, 0.4) is 0 Å². The number of fused-ring (bicyclic) bond motifs is 1. The molecule has 26 heavy (non-hydrogen) atoms. The summed E-state index contributed by atoms with van der Waals surface area (Å²) in [7, 11) is 1.36. The maximum absolute atomic E-state index is 14.4. The third-order valence-corrected chi connectivity index (χ3v) is 5.28. The topological polar surface area (TPSA) is 44.8 Å². The summed E-state index contributed by atoms with van der Waals surface area (Å²) >= 11 is 0. The minimum atomic E-state index is -0.861. The van der Waals surface area contributed by atoms with Crippen molar-refractivity contribution in [1.82, 2.24) is 0 Å². The van der Waals surface area contributed by atoms with Crippen LogP contribution in [-0.4, -0.2) is 25.3 Å². The van der Waals surface area contributed by atoms with E-state index in [9.17, 15) is 13.6 Å². The predicted octanol–water partition coefficient (Wildman–Crippen LogP) is 3.94. The first kappa shape index (κ1) is 18.6. The summed E-state index contributed by atoms with van der Waals surface area (Å²) in [5, 5.41) is 0.